The Hall–Kier alpha value is -2.87. The van der Waals surface area contributed by atoms with Gasteiger partial charge >= 0.3 is 5.97 Å². The summed E-state index contributed by atoms with van der Waals surface area (Å²) in [5, 5.41) is 12.9. The average molecular weight is 399 g/mol. The summed E-state index contributed by atoms with van der Waals surface area (Å²) < 4.78 is 22.9. The Kier molecular flexibility index (Phi) is 3.96. The monoisotopic (exact) mass is 399 g/mol. The Morgan fingerprint density at radius 2 is 2.17 bits per heavy atom. The molecule has 1 aromatic heterocycles. The van der Waals surface area contributed by atoms with Gasteiger partial charge in [0, 0.05) is 31.9 Å². The number of halogens is 1. The largest absolute Gasteiger partial charge is 0.487 e. The zero-order valence-corrected chi connectivity index (χ0v) is 16.2. The Bertz CT molecular complexity index is 1140. The SMILES string of the molecule is CC1C=C2CN(c3c(F)cc4c(=O)c(C(=O)O)cn5c4c3OC[C@@H]5C)CC2NC1. The number of pyridine rings is 1. The van der Waals surface area contributed by atoms with E-state index in [2.05, 4.69) is 18.3 Å². The Balaban J connectivity index is 1.72. The summed E-state index contributed by atoms with van der Waals surface area (Å²) in [7, 11) is 0. The number of fused-ring (bicyclic) bond motifs is 1. The first-order valence-electron chi connectivity index (χ1n) is 9.81. The minimum atomic E-state index is -1.32. The van der Waals surface area contributed by atoms with Crippen molar-refractivity contribution < 1.29 is 19.0 Å². The normalized spacial score (nSPS) is 25.6. The summed E-state index contributed by atoms with van der Waals surface area (Å²) in [6, 6.07) is 1.16. The van der Waals surface area contributed by atoms with Gasteiger partial charge < -0.3 is 24.6 Å². The molecule has 0 amide bonds. The number of nitrogens with zero attached hydrogens (tertiary/aromatic N) is 2. The maximum atomic E-state index is 15.3. The number of rotatable bonds is 2. The molecule has 152 valence electrons. The van der Waals surface area contributed by atoms with E-state index in [1.165, 1.54) is 11.8 Å². The highest BCUT2D eigenvalue weighted by molar-refractivity contribution is 5.97. The zero-order chi connectivity index (χ0) is 20.4. The van der Waals surface area contributed by atoms with Crippen molar-refractivity contribution in [1.29, 1.82) is 0 Å². The molecule has 1 aromatic carbocycles. The van der Waals surface area contributed by atoms with Crippen molar-refractivity contribution in [3.8, 4) is 5.75 Å². The Morgan fingerprint density at radius 1 is 1.38 bits per heavy atom. The van der Waals surface area contributed by atoms with Crippen LogP contribution in [0.15, 0.2) is 28.7 Å². The third-order valence-corrected chi connectivity index (χ3v) is 6.10. The van der Waals surface area contributed by atoms with E-state index in [4.69, 9.17) is 4.74 Å². The molecule has 0 bridgehead atoms. The lowest BCUT2D eigenvalue weighted by molar-refractivity contribution is 0.0694. The lowest BCUT2D eigenvalue weighted by Crippen LogP contribution is -2.39. The number of nitrogens with one attached hydrogen (secondary N) is 1. The van der Waals surface area contributed by atoms with Gasteiger partial charge in [-0.2, -0.15) is 0 Å². The molecule has 0 saturated carbocycles. The number of carboxylic acid groups (broad SMARTS) is 1. The van der Waals surface area contributed by atoms with Crippen LogP contribution in [0.1, 0.15) is 30.2 Å². The van der Waals surface area contributed by atoms with Gasteiger partial charge in [-0.15, -0.1) is 0 Å². The van der Waals surface area contributed by atoms with E-state index >= 15 is 4.39 Å². The van der Waals surface area contributed by atoms with Gasteiger partial charge in [-0.3, -0.25) is 4.79 Å². The third-order valence-electron chi connectivity index (χ3n) is 6.10. The van der Waals surface area contributed by atoms with Crippen molar-refractivity contribution >= 4 is 22.6 Å². The predicted octanol–water partition coefficient (Wildman–Crippen LogP) is 2.15. The number of ether oxygens (including phenoxy) is 1. The number of aromatic nitrogens is 1. The number of benzene rings is 1. The molecule has 0 aliphatic carbocycles. The minimum absolute atomic E-state index is 0.0373. The van der Waals surface area contributed by atoms with E-state index in [1.807, 2.05) is 11.8 Å². The fourth-order valence-electron chi connectivity index (χ4n) is 4.68. The number of hydrogen-bond donors (Lipinski definition) is 2. The molecule has 1 saturated heterocycles. The van der Waals surface area contributed by atoms with Crippen molar-refractivity contribution in [1.82, 2.24) is 9.88 Å². The second-order valence-electron chi connectivity index (χ2n) is 8.24. The van der Waals surface area contributed by atoms with Gasteiger partial charge in [-0.1, -0.05) is 13.0 Å². The molecule has 2 unspecified atom stereocenters. The van der Waals surface area contributed by atoms with Crippen LogP contribution < -0.4 is 20.4 Å². The van der Waals surface area contributed by atoms with Gasteiger partial charge in [0.1, 0.15) is 17.9 Å². The molecule has 7 nitrogen and oxygen atoms in total. The van der Waals surface area contributed by atoms with Crippen molar-refractivity contribution in [2.75, 3.05) is 31.1 Å². The molecule has 1 fully saturated rings. The van der Waals surface area contributed by atoms with Crippen LogP contribution in [-0.4, -0.2) is 47.9 Å². The summed E-state index contributed by atoms with van der Waals surface area (Å²) in [6.07, 6.45) is 3.59. The van der Waals surface area contributed by atoms with Crippen LogP contribution in [-0.2, 0) is 0 Å². The third kappa shape index (κ3) is 2.66. The quantitative estimate of drug-likeness (QED) is 0.753. The first-order valence-corrected chi connectivity index (χ1v) is 9.81. The highest BCUT2D eigenvalue weighted by atomic mass is 19.1. The van der Waals surface area contributed by atoms with E-state index in [9.17, 15) is 14.7 Å². The number of aromatic carboxylic acids is 1. The number of anilines is 1. The van der Waals surface area contributed by atoms with Crippen LogP contribution in [0.5, 0.6) is 5.75 Å². The van der Waals surface area contributed by atoms with Gasteiger partial charge in [0.25, 0.3) is 0 Å². The smallest absolute Gasteiger partial charge is 0.341 e. The average Bonchev–Trinajstić information content (AvgIpc) is 3.08. The summed E-state index contributed by atoms with van der Waals surface area (Å²) in [6.45, 7) is 6.39. The number of hydrogen-bond acceptors (Lipinski definition) is 5. The van der Waals surface area contributed by atoms with Crippen molar-refractivity contribution in [3.05, 3.63) is 45.5 Å². The van der Waals surface area contributed by atoms with E-state index in [-0.39, 0.29) is 29.6 Å². The van der Waals surface area contributed by atoms with Crippen molar-refractivity contribution in [2.24, 2.45) is 5.92 Å². The van der Waals surface area contributed by atoms with Crippen LogP contribution >= 0.6 is 0 Å². The van der Waals surface area contributed by atoms with Crippen LogP contribution in [0.3, 0.4) is 0 Å². The molecule has 4 heterocycles. The molecular formula is C21H22FN3O4. The van der Waals surface area contributed by atoms with Gasteiger partial charge in [-0.05, 0) is 24.5 Å². The molecule has 29 heavy (non-hydrogen) atoms. The van der Waals surface area contributed by atoms with Gasteiger partial charge in [-0.25, -0.2) is 9.18 Å². The van der Waals surface area contributed by atoms with E-state index in [1.54, 1.807) is 4.57 Å². The van der Waals surface area contributed by atoms with Crippen molar-refractivity contribution in [2.45, 2.75) is 25.9 Å². The molecular weight excluding hydrogens is 377 g/mol. The topological polar surface area (TPSA) is 83.8 Å². The lowest BCUT2D eigenvalue weighted by atomic mass is 9.99. The highest BCUT2D eigenvalue weighted by Gasteiger charge is 2.36. The van der Waals surface area contributed by atoms with E-state index < -0.39 is 17.2 Å². The molecule has 0 radical (unpaired) electrons. The number of carbonyl (C=O) groups is 1. The molecule has 5 rings (SSSR count). The van der Waals surface area contributed by atoms with E-state index in [0.717, 1.165) is 12.6 Å². The first kappa shape index (κ1) is 18.2. The fourth-order valence-corrected chi connectivity index (χ4v) is 4.68. The van der Waals surface area contributed by atoms with Crippen LogP contribution in [0, 0.1) is 11.7 Å². The van der Waals surface area contributed by atoms with Gasteiger partial charge in [0.2, 0.25) is 5.43 Å². The highest BCUT2D eigenvalue weighted by Crippen LogP contribution is 2.43. The number of carboxylic acids is 1. The minimum Gasteiger partial charge on any atom is -0.487 e. The Labute approximate surface area is 166 Å². The molecule has 8 heteroatoms. The molecule has 3 aliphatic rings. The maximum Gasteiger partial charge on any atom is 0.341 e. The second kappa shape index (κ2) is 6.32. The Morgan fingerprint density at radius 3 is 2.93 bits per heavy atom. The zero-order valence-electron chi connectivity index (χ0n) is 16.2. The first-order chi connectivity index (χ1) is 13.8. The second-order valence-corrected chi connectivity index (χ2v) is 8.24. The van der Waals surface area contributed by atoms with Gasteiger partial charge in [0.05, 0.1) is 16.9 Å². The summed E-state index contributed by atoms with van der Waals surface area (Å²) in [4.78, 5) is 26.2. The fraction of sp³-hybridized carbons (Fsp3) is 0.429. The predicted molar refractivity (Wildman–Crippen MR) is 107 cm³/mol. The summed E-state index contributed by atoms with van der Waals surface area (Å²) in [5.74, 6) is -1.14. The van der Waals surface area contributed by atoms with Gasteiger partial charge in [0.15, 0.2) is 11.6 Å². The summed E-state index contributed by atoms with van der Waals surface area (Å²) >= 11 is 0. The lowest BCUT2D eigenvalue weighted by Gasteiger charge is -2.31. The molecule has 2 N–H and O–H groups in total. The standard InChI is InChI=1S/C21H22FN3O4/c1-10-3-12-6-24(8-16(12)23-5-10)18-15(22)4-13-17-20(18)29-9-11(2)25(17)7-14(19(13)26)21(27)28/h3-4,7,10-11,16,23H,5-6,8-9H2,1-2H3,(H,27,28)/t10?,11-,16?/m0/s1. The molecule has 0 spiro atoms. The van der Waals surface area contributed by atoms with Crippen LogP contribution in [0.4, 0.5) is 10.1 Å². The van der Waals surface area contributed by atoms with E-state index in [0.29, 0.717) is 36.0 Å². The summed E-state index contributed by atoms with van der Waals surface area (Å²) in [5.41, 5.74) is 0.977. The molecule has 3 atom stereocenters. The van der Waals surface area contributed by atoms with Crippen molar-refractivity contribution in [3.63, 3.8) is 0 Å². The molecule has 2 aromatic rings. The van der Waals surface area contributed by atoms with Crippen LogP contribution in [0.25, 0.3) is 10.9 Å². The maximum absolute atomic E-state index is 15.3. The molecule has 3 aliphatic heterocycles. The van der Waals surface area contributed by atoms with Crippen LogP contribution in [0.2, 0.25) is 0 Å².